The van der Waals surface area contributed by atoms with E-state index in [1.54, 1.807) is 6.20 Å². The Balaban J connectivity index is 1.72. The minimum atomic E-state index is 0.0643. The molecule has 0 amide bonds. The average molecular weight is 360 g/mol. The van der Waals surface area contributed by atoms with Crippen LogP contribution in [0, 0.1) is 0 Å². The zero-order valence-corrected chi connectivity index (χ0v) is 15.1. The summed E-state index contributed by atoms with van der Waals surface area (Å²) in [4.78, 5) is 21.3. The van der Waals surface area contributed by atoms with Gasteiger partial charge in [0.2, 0.25) is 5.95 Å². The number of anilines is 1. The Morgan fingerprint density at radius 1 is 1.32 bits per heavy atom. The molecule has 0 saturated carbocycles. The van der Waals surface area contributed by atoms with Crippen LogP contribution in [0.1, 0.15) is 47.3 Å². The SMILES string of the molecule is CCOCCCNc1ncc2c(n1)C[C@H](c1ccccc1Cl)CC2=O. The van der Waals surface area contributed by atoms with Crippen LogP contribution in [-0.2, 0) is 11.2 Å². The fourth-order valence-corrected chi connectivity index (χ4v) is 3.37. The van der Waals surface area contributed by atoms with E-state index in [0.717, 1.165) is 30.8 Å². The number of nitrogens with zero attached hydrogens (tertiary/aromatic N) is 2. The van der Waals surface area contributed by atoms with Crippen molar-refractivity contribution in [1.82, 2.24) is 9.97 Å². The Kier molecular flexibility index (Phi) is 6.00. The predicted molar refractivity (Wildman–Crippen MR) is 98.5 cm³/mol. The number of ketones is 1. The lowest BCUT2D eigenvalue weighted by Gasteiger charge is -2.24. The van der Waals surface area contributed by atoms with Crippen molar-refractivity contribution in [2.75, 3.05) is 25.1 Å². The van der Waals surface area contributed by atoms with Crippen LogP contribution in [0.2, 0.25) is 5.02 Å². The number of nitrogens with one attached hydrogen (secondary N) is 1. The Morgan fingerprint density at radius 3 is 2.96 bits per heavy atom. The van der Waals surface area contributed by atoms with E-state index < -0.39 is 0 Å². The molecular weight excluding hydrogens is 338 g/mol. The molecule has 1 heterocycles. The molecule has 6 heteroatoms. The third-order valence-corrected chi connectivity index (χ3v) is 4.68. The van der Waals surface area contributed by atoms with Gasteiger partial charge >= 0.3 is 0 Å². The van der Waals surface area contributed by atoms with Crippen molar-refractivity contribution in [3.05, 3.63) is 52.3 Å². The molecule has 0 radical (unpaired) electrons. The molecule has 0 fully saturated rings. The molecule has 1 aromatic carbocycles. The minimum Gasteiger partial charge on any atom is -0.382 e. The third-order valence-electron chi connectivity index (χ3n) is 4.34. The highest BCUT2D eigenvalue weighted by molar-refractivity contribution is 6.31. The molecule has 1 aliphatic rings. The number of benzene rings is 1. The number of halogens is 1. The number of fused-ring (bicyclic) bond motifs is 1. The van der Waals surface area contributed by atoms with E-state index >= 15 is 0 Å². The van der Waals surface area contributed by atoms with Crippen molar-refractivity contribution in [1.29, 1.82) is 0 Å². The fourth-order valence-electron chi connectivity index (χ4n) is 3.07. The standard InChI is InChI=1S/C19H22ClN3O2/c1-2-25-9-5-8-21-19-22-12-15-17(23-19)10-13(11-18(15)24)14-6-3-4-7-16(14)20/h3-4,6-7,12-13H,2,5,8-11H2,1H3,(H,21,22,23)/t13-/m0/s1. The Labute approximate surface area is 152 Å². The first-order valence-electron chi connectivity index (χ1n) is 8.64. The van der Waals surface area contributed by atoms with Crippen LogP contribution in [-0.4, -0.2) is 35.5 Å². The molecular formula is C19H22ClN3O2. The maximum absolute atomic E-state index is 12.5. The van der Waals surface area contributed by atoms with Crippen molar-refractivity contribution in [2.24, 2.45) is 0 Å². The number of ether oxygens (including phenoxy) is 1. The number of rotatable bonds is 7. The predicted octanol–water partition coefficient (Wildman–Crippen LogP) is 3.88. The molecule has 1 N–H and O–H groups in total. The van der Waals surface area contributed by atoms with Gasteiger partial charge in [0.1, 0.15) is 0 Å². The molecule has 132 valence electrons. The molecule has 5 nitrogen and oxygen atoms in total. The zero-order chi connectivity index (χ0) is 17.6. The summed E-state index contributed by atoms with van der Waals surface area (Å²) in [6.07, 6.45) is 3.66. The van der Waals surface area contributed by atoms with Gasteiger partial charge in [-0.1, -0.05) is 29.8 Å². The summed E-state index contributed by atoms with van der Waals surface area (Å²) in [6, 6.07) is 7.70. The van der Waals surface area contributed by atoms with Crippen LogP contribution in [0.5, 0.6) is 0 Å². The molecule has 0 unspecified atom stereocenters. The Bertz CT molecular complexity index is 751. The summed E-state index contributed by atoms with van der Waals surface area (Å²) >= 11 is 6.31. The van der Waals surface area contributed by atoms with Crippen LogP contribution >= 0.6 is 11.6 Å². The van der Waals surface area contributed by atoms with Gasteiger partial charge in [-0.2, -0.15) is 0 Å². The van der Waals surface area contributed by atoms with Crippen molar-refractivity contribution in [2.45, 2.75) is 32.1 Å². The van der Waals surface area contributed by atoms with E-state index in [2.05, 4.69) is 15.3 Å². The largest absolute Gasteiger partial charge is 0.382 e. The number of hydrogen-bond acceptors (Lipinski definition) is 5. The van der Waals surface area contributed by atoms with Crippen LogP contribution in [0.3, 0.4) is 0 Å². The summed E-state index contributed by atoms with van der Waals surface area (Å²) in [5.41, 5.74) is 2.43. The van der Waals surface area contributed by atoms with Gasteiger partial charge in [-0.3, -0.25) is 4.79 Å². The normalized spacial score (nSPS) is 16.6. The first-order chi connectivity index (χ1) is 12.2. The van der Waals surface area contributed by atoms with Crippen molar-refractivity contribution in [3.8, 4) is 0 Å². The van der Waals surface area contributed by atoms with Gasteiger partial charge in [0.15, 0.2) is 5.78 Å². The van der Waals surface area contributed by atoms with Gasteiger partial charge in [0.05, 0.1) is 11.3 Å². The van der Waals surface area contributed by atoms with E-state index in [0.29, 0.717) is 36.0 Å². The maximum Gasteiger partial charge on any atom is 0.222 e. The van der Waals surface area contributed by atoms with Gasteiger partial charge in [0, 0.05) is 37.4 Å². The van der Waals surface area contributed by atoms with Gasteiger partial charge in [-0.25, -0.2) is 9.97 Å². The van der Waals surface area contributed by atoms with Gasteiger partial charge < -0.3 is 10.1 Å². The molecule has 0 saturated heterocycles. The lowest BCUT2D eigenvalue weighted by molar-refractivity contribution is 0.0963. The summed E-state index contributed by atoms with van der Waals surface area (Å²) in [5, 5.41) is 3.90. The molecule has 0 aliphatic heterocycles. The van der Waals surface area contributed by atoms with Gasteiger partial charge in [-0.05, 0) is 37.3 Å². The second kappa shape index (κ2) is 8.41. The molecule has 1 atom stereocenters. The smallest absolute Gasteiger partial charge is 0.222 e. The first-order valence-corrected chi connectivity index (χ1v) is 9.02. The topological polar surface area (TPSA) is 64.1 Å². The Hall–Kier alpha value is -1.98. The lowest BCUT2D eigenvalue weighted by Crippen LogP contribution is -2.21. The number of carbonyl (C=O) groups excluding carboxylic acids is 1. The van der Waals surface area contributed by atoms with Crippen molar-refractivity contribution >= 4 is 23.3 Å². The summed E-state index contributed by atoms with van der Waals surface area (Å²) in [5.74, 6) is 0.700. The zero-order valence-electron chi connectivity index (χ0n) is 14.3. The van der Waals surface area contributed by atoms with E-state index in [1.165, 1.54) is 0 Å². The summed E-state index contributed by atoms with van der Waals surface area (Å²) in [6.45, 7) is 4.15. The molecule has 3 rings (SSSR count). The fraction of sp³-hybridized carbons (Fsp3) is 0.421. The second-order valence-electron chi connectivity index (χ2n) is 6.08. The van der Waals surface area contributed by atoms with Crippen molar-refractivity contribution in [3.63, 3.8) is 0 Å². The minimum absolute atomic E-state index is 0.0643. The average Bonchev–Trinajstić information content (AvgIpc) is 2.61. The maximum atomic E-state index is 12.5. The van der Waals surface area contributed by atoms with E-state index in [-0.39, 0.29) is 11.7 Å². The quantitative estimate of drug-likeness (QED) is 0.760. The van der Waals surface area contributed by atoms with Crippen LogP contribution in [0.15, 0.2) is 30.5 Å². The number of Topliss-reactive ketones (excluding diaryl/α,β-unsaturated/α-hetero) is 1. The number of carbonyl (C=O) groups is 1. The summed E-state index contributed by atoms with van der Waals surface area (Å²) in [7, 11) is 0. The first kappa shape index (κ1) is 17.8. The highest BCUT2D eigenvalue weighted by Gasteiger charge is 2.29. The Morgan fingerprint density at radius 2 is 2.16 bits per heavy atom. The van der Waals surface area contributed by atoms with E-state index in [9.17, 15) is 4.79 Å². The van der Waals surface area contributed by atoms with Crippen molar-refractivity contribution < 1.29 is 9.53 Å². The highest BCUT2D eigenvalue weighted by Crippen LogP contribution is 2.35. The molecule has 1 aromatic heterocycles. The van der Waals surface area contributed by atoms with E-state index in [4.69, 9.17) is 16.3 Å². The second-order valence-corrected chi connectivity index (χ2v) is 6.49. The molecule has 2 aromatic rings. The van der Waals surface area contributed by atoms with Crippen LogP contribution in [0.4, 0.5) is 5.95 Å². The molecule has 0 spiro atoms. The van der Waals surface area contributed by atoms with Crippen LogP contribution in [0.25, 0.3) is 0 Å². The van der Waals surface area contributed by atoms with Gasteiger partial charge in [-0.15, -0.1) is 0 Å². The summed E-state index contributed by atoms with van der Waals surface area (Å²) < 4.78 is 5.31. The number of hydrogen-bond donors (Lipinski definition) is 1. The highest BCUT2D eigenvalue weighted by atomic mass is 35.5. The van der Waals surface area contributed by atoms with Crippen LogP contribution < -0.4 is 5.32 Å². The molecule has 25 heavy (non-hydrogen) atoms. The molecule has 0 bridgehead atoms. The number of aromatic nitrogens is 2. The monoisotopic (exact) mass is 359 g/mol. The lowest BCUT2D eigenvalue weighted by atomic mass is 9.82. The third kappa shape index (κ3) is 4.35. The molecule has 1 aliphatic carbocycles. The van der Waals surface area contributed by atoms with E-state index in [1.807, 2.05) is 31.2 Å². The van der Waals surface area contributed by atoms with Gasteiger partial charge in [0.25, 0.3) is 0 Å².